The monoisotopic (exact) mass is 235 g/mol. The molecule has 1 N–H and O–H groups in total. The minimum Gasteiger partial charge on any atom is -0.319 e. The van der Waals surface area contributed by atoms with E-state index >= 15 is 0 Å². The summed E-state index contributed by atoms with van der Waals surface area (Å²) in [6, 6.07) is 8.29. The highest BCUT2D eigenvalue weighted by molar-refractivity contribution is 5.29. The van der Waals surface area contributed by atoms with Gasteiger partial charge in [-0.05, 0) is 44.0 Å². The Hall–Kier alpha value is -0.890. The van der Waals surface area contributed by atoms with Gasteiger partial charge in [-0.2, -0.15) is 0 Å². The molecule has 2 rings (SSSR count). The maximum Gasteiger partial charge on any atom is 0.115 e. The summed E-state index contributed by atoms with van der Waals surface area (Å²) in [7, 11) is 1.95. The van der Waals surface area contributed by atoms with Crippen LogP contribution in [0.2, 0.25) is 0 Å². The molecule has 0 radical (unpaired) electrons. The Morgan fingerprint density at radius 2 is 1.82 bits per heavy atom. The molecule has 1 fully saturated rings. The molecule has 0 aromatic heterocycles. The molecule has 0 heterocycles. The standard InChI is InChI=1S/C15H22FN/c1-17-11-8-13-6-2-3-7-14(13)12-15(16)9-4-5-10-15/h2-3,6-7,17H,4-5,8-12H2,1H3. The first-order valence-corrected chi connectivity index (χ1v) is 6.64. The average molecular weight is 235 g/mol. The Morgan fingerprint density at radius 1 is 1.18 bits per heavy atom. The maximum atomic E-state index is 14.5. The first-order chi connectivity index (χ1) is 8.23. The van der Waals surface area contributed by atoms with Gasteiger partial charge in [0.1, 0.15) is 5.67 Å². The van der Waals surface area contributed by atoms with Gasteiger partial charge in [-0.15, -0.1) is 0 Å². The zero-order chi connectivity index (χ0) is 12.1. The summed E-state index contributed by atoms with van der Waals surface area (Å²) in [6.45, 7) is 0.955. The van der Waals surface area contributed by atoms with E-state index in [-0.39, 0.29) is 0 Å². The Balaban J connectivity index is 2.08. The Kier molecular flexibility index (Phi) is 4.16. The van der Waals surface area contributed by atoms with Gasteiger partial charge in [0.15, 0.2) is 0 Å². The van der Waals surface area contributed by atoms with Crippen LogP contribution in [0.3, 0.4) is 0 Å². The molecule has 0 spiro atoms. The first-order valence-electron chi connectivity index (χ1n) is 6.64. The maximum absolute atomic E-state index is 14.5. The van der Waals surface area contributed by atoms with Crippen molar-refractivity contribution in [2.24, 2.45) is 0 Å². The van der Waals surface area contributed by atoms with Gasteiger partial charge in [-0.3, -0.25) is 0 Å². The normalized spacial score (nSPS) is 18.5. The Labute approximate surface area is 103 Å². The van der Waals surface area contributed by atoms with E-state index in [1.807, 2.05) is 19.2 Å². The van der Waals surface area contributed by atoms with Crippen LogP contribution in [-0.2, 0) is 12.8 Å². The summed E-state index contributed by atoms with van der Waals surface area (Å²) in [4.78, 5) is 0. The van der Waals surface area contributed by atoms with Crippen LogP contribution in [-0.4, -0.2) is 19.3 Å². The number of hydrogen-bond donors (Lipinski definition) is 1. The Bertz CT molecular complexity index is 356. The molecule has 1 saturated carbocycles. The zero-order valence-corrected chi connectivity index (χ0v) is 10.6. The van der Waals surface area contributed by atoms with Gasteiger partial charge in [-0.25, -0.2) is 4.39 Å². The summed E-state index contributed by atoms with van der Waals surface area (Å²) in [6.07, 6.45) is 5.18. The summed E-state index contributed by atoms with van der Waals surface area (Å²) in [5.41, 5.74) is 1.56. The predicted octanol–water partition coefficient (Wildman–Crippen LogP) is 3.27. The Morgan fingerprint density at radius 3 is 2.47 bits per heavy atom. The lowest BCUT2D eigenvalue weighted by Gasteiger charge is -2.20. The zero-order valence-electron chi connectivity index (χ0n) is 10.6. The van der Waals surface area contributed by atoms with Crippen LogP contribution < -0.4 is 5.32 Å². The van der Waals surface area contributed by atoms with Crippen molar-refractivity contribution in [1.82, 2.24) is 5.32 Å². The number of rotatable bonds is 5. The second-order valence-corrected chi connectivity index (χ2v) is 5.16. The molecule has 1 aromatic rings. The van der Waals surface area contributed by atoms with Gasteiger partial charge >= 0.3 is 0 Å². The van der Waals surface area contributed by atoms with Gasteiger partial charge in [-0.1, -0.05) is 37.1 Å². The largest absolute Gasteiger partial charge is 0.319 e. The van der Waals surface area contributed by atoms with Crippen LogP contribution in [0, 0.1) is 0 Å². The number of halogens is 1. The van der Waals surface area contributed by atoms with Crippen molar-refractivity contribution in [3.63, 3.8) is 0 Å². The summed E-state index contributed by atoms with van der Waals surface area (Å²) < 4.78 is 14.5. The quantitative estimate of drug-likeness (QED) is 0.826. The van der Waals surface area contributed by atoms with E-state index < -0.39 is 5.67 Å². The van der Waals surface area contributed by atoms with Gasteiger partial charge in [0.05, 0.1) is 0 Å². The molecule has 1 aliphatic rings. The van der Waals surface area contributed by atoms with Crippen molar-refractivity contribution < 1.29 is 4.39 Å². The van der Waals surface area contributed by atoms with E-state index in [4.69, 9.17) is 0 Å². The fourth-order valence-corrected chi connectivity index (χ4v) is 2.76. The van der Waals surface area contributed by atoms with Crippen molar-refractivity contribution >= 4 is 0 Å². The topological polar surface area (TPSA) is 12.0 Å². The lowest BCUT2D eigenvalue weighted by molar-refractivity contribution is 0.172. The minimum atomic E-state index is -0.935. The molecule has 1 aromatic carbocycles. The number of benzene rings is 1. The van der Waals surface area contributed by atoms with Crippen LogP contribution in [0.4, 0.5) is 4.39 Å². The molecule has 1 aliphatic carbocycles. The summed E-state index contributed by atoms with van der Waals surface area (Å²) in [5.74, 6) is 0. The van der Waals surface area contributed by atoms with Crippen molar-refractivity contribution in [3.05, 3.63) is 35.4 Å². The molecule has 0 amide bonds. The van der Waals surface area contributed by atoms with Crippen molar-refractivity contribution in [2.75, 3.05) is 13.6 Å². The molecular formula is C15H22FN. The molecule has 1 nitrogen and oxygen atoms in total. The van der Waals surface area contributed by atoms with Crippen LogP contribution in [0.15, 0.2) is 24.3 Å². The summed E-state index contributed by atoms with van der Waals surface area (Å²) >= 11 is 0. The third kappa shape index (κ3) is 3.29. The fraction of sp³-hybridized carbons (Fsp3) is 0.600. The summed E-state index contributed by atoms with van der Waals surface area (Å²) in [5, 5.41) is 3.15. The molecule has 0 unspecified atom stereocenters. The predicted molar refractivity (Wildman–Crippen MR) is 70.1 cm³/mol. The molecular weight excluding hydrogens is 213 g/mol. The number of alkyl halides is 1. The molecule has 0 aliphatic heterocycles. The molecule has 0 saturated heterocycles. The van der Waals surface area contributed by atoms with E-state index in [1.54, 1.807) is 0 Å². The second kappa shape index (κ2) is 5.63. The molecule has 0 atom stereocenters. The fourth-order valence-electron chi connectivity index (χ4n) is 2.76. The van der Waals surface area contributed by atoms with E-state index in [0.717, 1.165) is 38.6 Å². The van der Waals surface area contributed by atoms with E-state index in [0.29, 0.717) is 6.42 Å². The smallest absolute Gasteiger partial charge is 0.115 e. The molecule has 2 heteroatoms. The minimum absolute atomic E-state index is 0.604. The van der Waals surface area contributed by atoms with Gasteiger partial charge in [0.25, 0.3) is 0 Å². The van der Waals surface area contributed by atoms with E-state index in [2.05, 4.69) is 17.4 Å². The van der Waals surface area contributed by atoms with Crippen LogP contribution in [0.1, 0.15) is 36.8 Å². The lowest BCUT2D eigenvalue weighted by Crippen LogP contribution is -2.22. The van der Waals surface area contributed by atoms with Crippen LogP contribution in [0.25, 0.3) is 0 Å². The highest BCUT2D eigenvalue weighted by atomic mass is 19.1. The van der Waals surface area contributed by atoms with E-state index in [9.17, 15) is 4.39 Å². The molecule has 0 bridgehead atoms. The van der Waals surface area contributed by atoms with Crippen molar-refractivity contribution in [2.45, 2.75) is 44.2 Å². The second-order valence-electron chi connectivity index (χ2n) is 5.16. The first kappa shape index (κ1) is 12.6. The van der Waals surface area contributed by atoms with Gasteiger partial charge in [0.2, 0.25) is 0 Å². The van der Waals surface area contributed by atoms with Crippen molar-refractivity contribution in [1.29, 1.82) is 0 Å². The SMILES string of the molecule is CNCCc1ccccc1CC1(F)CCCC1. The van der Waals surface area contributed by atoms with E-state index in [1.165, 1.54) is 11.1 Å². The molecule has 94 valence electrons. The third-order valence-corrected chi connectivity index (χ3v) is 3.77. The lowest BCUT2D eigenvalue weighted by atomic mass is 9.91. The number of likely N-dealkylation sites (N-methyl/N-ethyl adjacent to an activating group) is 1. The van der Waals surface area contributed by atoms with Gasteiger partial charge < -0.3 is 5.32 Å². The number of hydrogen-bond acceptors (Lipinski definition) is 1. The highest BCUT2D eigenvalue weighted by Crippen LogP contribution is 2.36. The third-order valence-electron chi connectivity index (χ3n) is 3.77. The number of nitrogens with one attached hydrogen (secondary N) is 1. The van der Waals surface area contributed by atoms with Crippen molar-refractivity contribution in [3.8, 4) is 0 Å². The average Bonchev–Trinajstić information content (AvgIpc) is 2.75. The van der Waals surface area contributed by atoms with Crippen LogP contribution in [0.5, 0.6) is 0 Å². The highest BCUT2D eigenvalue weighted by Gasteiger charge is 2.33. The molecule has 17 heavy (non-hydrogen) atoms. The van der Waals surface area contributed by atoms with Crippen LogP contribution >= 0.6 is 0 Å². The van der Waals surface area contributed by atoms with Gasteiger partial charge in [0, 0.05) is 6.42 Å².